The second kappa shape index (κ2) is 12.7. The van der Waals surface area contributed by atoms with Gasteiger partial charge in [0.05, 0.1) is 30.2 Å². The van der Waals surface area contributed by atoms with Gasteiger partial charge in [0, 0.05) is 34.5 Å². The van der Waals surface area contributed by atoms with E-state index in [1.54, 1.807) is 0 Å². The van der Waals surface area contributed by atoms with Crippen LogP contribution in [-0.4, -0.2) is 62.0 Å². The Morgan fingerprint density at radius 2 is 2.05 bits per heavy atom. The van der Waals surface area contributed by atoms with E-state index in [9.17, 15) is 18.0 Å². The minimum absolute atomic E-state index is 0.262. The Balaban J connectivity index is 1.36. The lowest BCUT2D eigenvalue weighted by molar-refractivity contribution is -0.149. The van der Waals surface area contributed by atoms with Crippen LogP contribution in [0.4, 0.5) is 5.82 Å². The zero-order valence-corrected chi connectivity index (χ0v) is 25.0. The van der Waals surface area contributed by atoms with E-state index in [0.717, 1.165) is 28.0 Å². The van der Waals surface area contributed by atoms with E-state index in [0.29, 0.717) is 35.2 Å². The second-order valence-electron chi connectivity index (χ2n) is 10.2. The van der Waals surface area contributed by atoms with Crippen molar-refractivity contribution in [2.45, 2.75) is 44.4 Å². The van der Waals surface area contributed by atoms with E-state index in [1.807, 2.05) is 31.2 Å². The summed E-state index contributed by atoms with van der Waals surface area (Å²) in [6.07, 6.45) is 3.22. The number of thiophene rings is 1. The molecule has 5 N–H and O–H groups in total. The number of nitrogens with two attached hydrogens (primary N) is 2. The van der Waals surface area contributed by atoms with Gasteiger partial charge in [-0.05, 0) is 54.7 Å². The number of aromatic nitrogens is 2. The molecule has 12 nitrogen and oxygen atoms in total. The topological polar surface area (TPSA) is 186 Å². The normalized spacial score (nSPS) is 22.0. The Labute approximate surface area is 252 Å². The summed E-state index contributed by atoms with van der Waals surface area (Å²) in [7, 11) is -4.19. The lowest BCUT2D eigenvalue weighted by Gasteiger charge is -2.26. The highest BCUT2D eigenvalue weighted by Crippen LogP contribution is 2.39. The van der Waals surface area contributed by atoms with Crippen molar-refractivity contribution < 1.29 is 31.7 Å². The fourth-order valence-electron chi connectivity index (χ4n) is 5.40. The summed E-state index contributed by atoms with van der Waals surface area (Å²) in [4.78, 5) is 35.5. The third kappa shape index (κ3) is 6.97. The molecule has 3 aromatic rings. The lowest BCUT2D eigenvalue weighted by atomic mass is 9.93. The number of nitrogens with zero attached hydrogens (tertiary/aromatic N) is 2. The molecule has 3 heterocycles. The van der Waals surface area contributed by atoms with Gasteiger partial charge in [0.2, 0.25) is 5.78 Å². The number of rotatable bonds is 10. The number of carbonyl (C=O) groups excluding carboxylic acids is 2. The number of anilines is 1. The molecule has 0 bridgehead atoms. The monoisotopic (exact) mass is 635 g/mol. The number of halogens is 1. The zero-order chi connectivity index (χ0) is 30.0. The fourth-order valence-corrected chi connectivity index (χ4v) is 6.95. The van der Waals surface area contributed by atoms with Gasteiger partial charge in [0.25, 0.3) is 0 Å². The van der Waals surface area contributed by atoms with Crippen LogP contribution in [0.2, 0.25) is 5.02 Å². The van der Waals surface area contributed by atoms with Gasteiger partial charge >= 0.3 is 16.3 Å². The van der Waals surface area contributed by atoms with Crippen LogP contribution in [0.25, 0.3) is 0 Å². The van der Waals surface area contributed by atoms with Gasteiger partial charge in [-0.3, -0.25) is 13.8 Å². The number of esters is 1. The molecule has 0 amide bonds. The van der Waals surface area contributed by atoms with E-state index in [4.69, 9.17) is 36.1 Å². The standard InChI is InChI=1S/C27H30ClN5O7S2/c1-14-19(26-20-7-17(28)3-2-15(20)4-5-38-26)9-23(41-14)25(35)21-11-31-13-32-27(21)33-18-6-16(12-39-42(30,36)37)22(8-18)40-24(34)10-29/h2-3,7,9,11,13,16,18,22,26H,4-6,8,10,12,29H2,1H3,(H2,30,36,37)(H,31,32,33)/t16?,18?,22?,26-/m0/s1. The molecule has 0 radical (unpaired) electrons. The first-order chi connectivity index (χ1) is 20.0. The molecular weight excluding hydrogens is 606 g/mol. The number of benzene rings is 1. The number of aryl methyl sites for hydroxylation is 1. The molecule has 2 aliphatic rings. The maximum atomic E-state index is 13.8. The van der Waals surface area contributed by atoms with Crippen LogP contribution >= 0.6 is 22.9 Å². The first kappa shape index (κ1) is 30.5. The third-order valence-electron chi connectivity index (χ3n) is 7.33. The van der Waals surface area contributed by atoms with E-state index >= 15 is 0 Å². The van der Waals surface area contributed by atoms with Crippen molar-refractivity contribution in [2.24, 2.45) is 16.8 Å². The molecule has 0 spiro atoms. The van der Waals surface area contributed by atoms with Gasteiger partial charge in [-0.1, -0.05) is 17.7 Å². The summed E-state index contributed by atoms with van der Waals surface area (Å²) < 4.78 is 39.0. The quantitative estimate of drug-likeness (QED) is 0.220. The van der Waals surface area contributed by atoms with Crippen LogP contribution in [0.15, 0.2) is 36.8 Å². The van der Waals surface area contributed by atoms with Crippen LogP contribution in [0.3, 0.4) is 0 Å². The van der Waals surface area contributed by atoms with Crippen molar-refractivity contribution in [1.82, 2.24) is 9.97 Å². The number of ketones is 1. The van der Waals surface area contributed by atoms with Crippen molar-refractivity contribution in [3.63, 3.8) is 0 Å². The highest BCUT2D eigenvalue weighted by molar-refractivity contribution is 7.84. The number of hydrogen-bond donors (Lipinski definition) is 3. The summed E-state index contributed by atoms with van der Waals surface area (Å²) in [5, 5.41) is 8.85. The molecule has 1 aliphatic carbocycles. The second-order valence-corrected chi connectivity index (χ2v) is 13.1. The smallest absolute Gasteiger partial charge is 0.333 e. The lowest BCUT2D eigenvalue weighted by Crippen LogP contribution is -2.30. The van der Waals surface area contributed by atoms with E-state index in [2.05, 4.69) is 15.3 Å². The van der Waals surface area contributed by atoms with Gasteiger partial charge in [0.1, 0.15) is 24.4 Å². The van der Waals surface area contributed by atoms with Gasteiger partial charge in [-0.25, -0.2) is 15.1 Å². The minimum atomic E-state index is -4.19. The van der Waals surface area contributed by atoms with Crippen LogP contribution in [0, 0.1) is 12.8 Å². The summed E-state index contributed by atoms with van der Waals surface area (Å²) in [5.74, 6) is -1.07. The first-order valence-electron chi connectivity index (χ1n) is 13.2. The van der Waals surface area contributed by atoms with Crippen molar-refractivity contribution in [3.05, 3.63) is 73.8 Å². The highest BCUT2D eigenvalue weighted by atomic mass is 35.5. The summed E-state index contributed by atoms with van der Waals surface area (Å²) >= 11 is 7.64. The third-order valence-corrected chi connectivity index (χ3v) is 9.10. The SMILES string of the molecule is Cc1sc(C(=O)c2cncnc2NC2CC(COS(N)(=O)=O)C(OC(=O)CN)C2)cc1[C@@H]1OCCc2ccc(Cl)cc21. The molecule has 42 heavy (non-hydrogen) atoms. The van der Waals surface area contributed by atoms with Crippen LogP contribution in [-0.2, 0) is 35.2 Å². The molecule has 1 fully saturated rings. The van der Waals surface area contributed by atoms with E-state index in [1.165, 1.54) is 23.9 Å². The Morgan fingerprint density at radius 3 is 2.81 bits per heavy atom. The van der Waals surface area contributed by atoms with Crippen molar-refractivity contribution in [3.8, 4) is 0 Å². The molecule has 2 aromatic heterocycles. The average molecular weight is 636 g/mol. The molecule has 5 rings (SSSR count). The molecule has 3 unspecified atom stereocenters. The highest BCUT2D eigenvalue weighted by Gasteiger charge is 2.38. The summed E-state index contributed by atoms with van der Waals surface area (Å²) in [5.41, 5.74) is 8.71. The van der Waals surface area contributed by atoms with Gasteiger partial charge < -0.3 is 20.5 Å². The van der Waals surface area contributed by atoms with E-state index < -0.39 is 28.3 Å². The maximum absolute atomic E-state index is 13.8. The van der Waals surface area contributed by atoms with Crippen LogP contribution in [0.1, 0.15) is 55.7 Å². The van der Waals surface area contributed by atoms with Gasteiger partial charge in [0.15, 0.2) is 0 Å². The predicted octanol–water partition coefficient (Wildman–Crippen LogP) is 2.67. The number of fused-ring (bicyclic) bond motifs is 1. The zero-order valence-electron chi connectivity index (χ0n) is 22.6. The Morgan fingerprint density at radius 1 is 1.24 bits per heavy atom. The Hall–Kier alpha value is -2.98. The van der Waals surface area contributed by atoms with Crippen molar-refractivity contribution in [1.29, 1.82) is 0 Å². The number of hydrogen-bond acceptors (Lipinski definition) is 12. The molecule has 1 aliphatic heterocycles. The van der Waals surface area contributed by atoms with Crippen LogP contribution < -0.4 is 16.2 Å². The van der Waals surface area contributed by atoms with E-state index in [-0.39, 0.29) is 36.6 Å². The molecular formula is C27H30ClN5O7S2. The number of nitrogens with one attached hydrogen (secondary N) is 1. The van der Waals surface area contributed by atoms with Crippen molar-refractivity contribution >= 4 is 50.8 Å². The molecule has 1 saturated carbocycles. The Kier molecular flexibility index (Phi) is 9.23. The number of carbonyl (C=O) groups is 2. The summed E-state index contributed by atoms with van der Waals surface area (Å²) in [6, 6.07) is 7.31. The largest absolute Gasteiger partial charge is 0.461 e. The Bertz CT molecular complexity index is 1600. The minimum Gasteiger partial charge on any atom is -0.461 e. The predicted molar refractivity (Wildman–Crippen MR) is 156 cm³/mol. The van der Waals surface area contributed by atoms with Crippen molar-refractivity contribution in [2.75, 3.05) is 25.1 Å². The van der Waals surface area contributed by atoms with Gasteiger partial charge in [-0.2, -0.15) is 8.42 Å². The molecule has 15 heteroatoms. The molecule has 4 atom stereocenters. The number of ether oxygens (including phenoxy) is 2. The molecule has 1 aromatic carbocycles. The first-order valence-corrected chi connectivity index (χ1v) is 15.9. The maximum Gasteiger partial charge on any atom is 0.333 e. The average Bonchev–Trinajstić information content (AvgIpc) is 3.53. The summed E-state index contributed by atoms with van der Waals surface area (Å²) in [6.45, 7) is 1.91. The van der Waals surface area contributed by atoms with Gasteiger partial charge in [-0.15, -0.1) is 11.3 Å². The molecule has 224 valence electrons. The van der Waals surface area contributed by atoms with Crippen LogP contribution in [0.5, 0.6) is 0 Å². The fraction of sp³-hybridized carbons (Fsp3) is 0.407. The molecule has 0 saturated heterocycles.